The molecular weight excluding hydrogens is 324 g/mol. The van der Waals surface area contributed by atoms with Crippen molar-refractivity contribution in [3.63, 3.8) is 0 Å². The average molecular weight is 348 g/mol. The summed E-state index contributed by atoms with van der Waals surface area (Å²) in [6.07, 6.45) is 4.88. The van der Waals surface area contributed by atoms with Gasteiger partial charge in [-0.3, -0.25) is 4.68 Å². The predicted molar refractivity (Wildman–Crippen MR) is 94.3 cm³/mol. The Kier molecular flexibility index (Phi) is 4.91. The van der Waals surface area contributed by atoms with Gasteiger partial charge >= 0.3 is 0 Å². The molecule has 1 aliphatic heterocycles. The molecule has 0 amide bonds. The van der Waals surface area contributed by atoms with Crippen LogP contribution in [0.2, 0.25) is 0 Å². The standard InChI is InChI=1S/C17H24N4O2S/c1-14-6-7-15(18-13-16-8-11-20(2)19-16)12-17(14)24(22,23)21-9-4-3-5-10-21/h6-8,11-12,18H,3-5,9-10,13H2,1-2H3. The van der Waals surface area contributed by atoms with E-state index in [-0.39, 0.29) is 0 Å². The van der Waals surface area contributed by atoms with Gasteiger partial charge in [0, 0.05) is 32.0 Å². The van der Waals surface area contributed by atoms with Crippen LogP contribution in [0.15, 0.2) is 35.4 Å². The Morgan fingerprint density at radius 1 is 1.17 bits per heavy atom. The molecule has 0 saturated carbocycles. The summed E-state index contributed by atoms with van der Waals surface area (Å²) >= 11 is 0. The van der Waals surface area contributed by atoms with Crippen LogP contribution in [0.5, 0.6) is 0 Å². The van der Waals surface area contributed by atoms with Crippen molar-refractivity contribution in [2.75, 3.05) is 18.4 Å². The van der Waals surface area contributed by atoms with Gasteiger partial charge in [-0.25, -0.2) is 8.42 Å². The van der Waals surface area contributed by atoms with Gasteiger partial charge in [0.2, 0.25) is 10.0 Å². The zero-order valence-corrected chi connectivity index (χ0v) is 15.0. The van der Waals surface area contributed by atoms with Gasteiger partial charge in [0.25, 0.3) is 0 Å². The third kappa shape index (κ3) is 3.62. The lowest BCUT2D eigenvalue weighted by Crippen LogP contribution is -2.36. The van der Waals surface area contributed by atoms with Gasteiger partial charge in [-0.05, 0) is 43.5 Å². The first-order valence-electron chi connectivity index (χ1n) is 8.30. The zero-order valence-electron chi connectivity index (χ0n) is 14.2. The van der Waals surface area contributed by atoms with Crippen molar-refractivity contribution in [2.24, 2.45) is 7.05 Å². The summed E-state index contributed by atoms with van der Waals surface area (Å²) < 4.78 is 29.2. The van der Waals surface area contributed by atoms with Gasteiger partial charge in [-0.1, -0.05) is 12.5 Å². The second-order valence-corrected chi connectivity index (χ2v) is 8.19. The van der Waals surface area contributed by atoms with Crippen LogP contribution in [0.3, 0.4) is 0 Å². The lowest BCUT2D eigenvalue weighted by Gasteiger charge is -2.26. The van der Waals surface area contributed by atoms with Crippen molar-refractivity contribution in [1.29, 1.82) is 0 Å². The summed E-state index contributed by atoms with van der Waals surface area (Å²) in [5, 5.41) is 7.57. The van der Waals surface area contributed by atoms with E-state index in [2.05, 4.69) is 10.4 Å². The molecule has 0 bridgehead atoms. The fourth-order valence-corrected chi connectivity index (χ4v) is 4.75. The summed E-state index contributed by atoms with van der Waals surface area (Å²) in [6.45, 7) is 3.65. The van der Waals surface area contributed by atoms with Crippen LogP contribution in [0.25, 0.3) is 0 Å². The van der Waals surface area contributed by atoms with Crippen LogP contribution in [-0.4, -0.2) is 35.6 Å². The van der Waals surface area contributed by atoms with Gasteiger partial charge in [0.15, 0.2) is 0 Å². The second kappa shape index (κ2) is 6.94. The quantitative estimate of drug-likeness (QED) is 0.901. The van der Waals surface area contributed by atoms with Gasteiger partial charge in [-0.2, -0.15) is 9.40 Å². The number of aromatic nitrogens is 2. The highest BCUT2D eigenvalue weighted by Crippen LogP contribution is 2.26. The van der Waals surface area contributed by atoms with E-state index >= 15 is 0 Å². The van der Waals surface area contributed by atoms with Crippen molar-refractivity contribution < 1.29 is 8.42 Å². The topological polar surface area (TPSA) is 67.2 Å². The van der Waals surface area contributed by atoms with Gasteiger partial charge in [-0.15, -0.1) is 0 Å². The van der Waals surface area contributed by atoms with Gasteiger partial charge in [0.05, 0.1) is 17.1 Å². The van der Waals surface area contributed by atoms with E-state index < -0.39 is 10.0 Å². The minimum absolute atomic E-state index is 0.399. The molecule has 130 valence electrons. The molecule has 2 heterocycles. The molecule has 1 aliphatic rings. The lowest BCUT2D eigenvalue weighted by atomic mass is 10.2. The van der Waals surface area contributed by atoms with Crippen LogP contribution in [0.1, 0.15) is 30.5 Å². The first kappa shape index (κ1) is 17.0. The molecule has 0 unspecified atom stereocenters. The number of rotatable bonds is 5. The minimum Gasteiger partial charge on any atom is -0.379 e. The van der Waals surface area contributed by atoms with E-state index in [1.54, 1.807) is 15.1 Å². The molecule has 0 spiro atoms. The third-order valence-corrected chi connectivity index (χ3v) is 6.40. The molecule has 24 heavy (non-hydrogen) atoms. The monoisotopic (exact) mass is 348 g/mol. The molecule has 0 aliphatic carbocycles. The Bertz CT molecular complexity index is 808. The van der Waals surface area contributed by atoms with Crippen LogP contribution < -0.4 is 5.32 Å². The van der Waals surface area contributed by atoms with Gasteiger partial charge in [0.1, 0.15) is 0 Å². The Balaban J connectivity index is 1.80. The molecule has 2 aromatic rings. The molecule has 1 fully saturated rings. The van der Waals surface area contributed by atoms with Crippen LogP contribution in [-0.2, 0) is 23.6 Å². The molecule has 6 nitrogen and oxygen atoms in total. The van der Waals surface area contributed by atoms with E-state index in [0.717, 1.165) is 36.2 Å². The zero-order chi connectivity index (χ0) is 17.2. The summed E-state index contributed by atoms with van der Waals surface area (Å²) in [4.78, 5) is 0.399. The first-order valence-corrected chi connectivity index (χ1v) is 9.74. The smallest absolute Gasteiger partial charge is 0.243 e. The van der Waals surface area contributed by atoms with E-state index in [4.69, 9.17) is 0 Å². The largest absolute Gasteiger partial charge is 0.379 e. The van der Waals surface area contributed by atoms with Crippen LogP contribution in [0, 0.1) is 6.92 Å². The maximum absolute atomic E-state index is 12.9. The number of benzene rings is 1. The highest BCUT2D eigenvalue weighted by molar-refractivity contribution is 7.89. The Hall–Kier alpha value is -1.86. The molecule has 3 rings (SSSR count). The maximum Gasteiger partial charge on any atom is 0.243 e. The highest BCUT2D eigenvalue weighted by Gasteiger charge is 2.27. The molecule has 0 atom stereocenters. The van der Waals surface area contributed by atoms with Crippen LogP contribution >= 0.6 is 0 Å². The number of nitrogens with zero attached hydrogens (tertiary/aromatic N) is 3. The van der Waals surface area contributed by atoms with E-state index in [9.17, 15) is 8.42 Å². The lowest BCUT2D eigenvalue weighted by molar-refractivity contribution is 0.346. The van der Waals surface area contributed by atoms with E-state index in [0.29, 0.717) is 24.5 Å². The first-order chi connectivity index (χ1) is 11.5. The average Bonchev–Trinajstić information content (AvgIpc) is 3.00. The number of sulfonamides is 1. The fourth-order valence-electron chi connectivity index (χ4n) is 2.98. The molecule has 1 aromatic carbocycles. The fraction of sp³-hybridized carbons (Fsp3) is 0.471. The normalized spacial score (nSPS) is 16.2. The van der Waals surface area contributed by atoms with E-state index in [1.165, 1.54) is 0 Å². The molecule has 1 N–H and O–H groups in total. The number of hydrogen-bond acceptors (Lipinski definition) is 4. The van der Waals surface area contributed by atoms with Crippen molar-refractivity contribution >= 4 is 15.7 Å². The molecule has 7 heteroatoms. The second-order valence-electron chi connectivity index (χ2n) is 6.28. The molecule has 1 saturated heterocycles. The van der Waals surface area contributed by atoms with Crippen molar-refractivity contribution in [2.45, 2.75) is 37.6 Å². The number of piperidine rings is 1. The summed E-state index contributed by atoms with van der Waals surface area (Å²) in [5.74, 6) is 0. The Morgan fingerprint density at radius 3 is 2.58 bits per heavy atom. The molecule has 0 radical (unpaired) electrons. The number of hydrogen-bond donors (Lipinski definition) is 1. The molecular formula is C17H24N4O2S. The SMILES string of the molecule is Cc1ccc(NCc2ccn(C)n2)cc1S(=O)(=O)N1CCCCC1. The summed E-state index contributed by atoms with van der Waals surface area (Å²) in [7, 11) is -1.55. The number of anilines is 1. The predicted octanol–water partition coefficient (Wildman–Crippen LogP) is 2.52. The third-order valence-electron chi connectivity index (χ3n) is 4.36. The molecule has 1 aromatic heterocycles. The van der Waals surface area contributed by atoms with E-state index in [1.807, 2.05) is 38.4 Å². The number of aryl methyl sites for hydroxylation is 2. The minimum atomic E-state index is -3.42. The highest BCUT2D eigenvalue weighted by atomic mass is 32.2. The van der Waals surface area contributed by atoms with Crippen LogP contribution in [0.4, 0.5) is 5.69 Å². The maximum atomic E-state index is 12.9. The van der Waals surface area contributed by atoms with Crippen molar-refractivity contribution in [3.8, 4) is 0 Å². The summed E-state index contributed by atoms with van der Waals surface area (Å²) in [6, 6.07) is 7.44. The Morgan fingerprint density at radius 2 is 1.92 bits per heavy atom. The van der Waals surface area contributed by atoms with Gasteiger partial charge < -0.3 is 5.32 Å². The summed E-state index contributed by atoms with van der Waals surface area (Å²) in [5.41, 5.74) is 2.49. The van der Waals surface area contributed by atoms with Crippen molar-refractivity contribution in [3.05, 3.63) is 41.7 Å². The number of nitrogens with one attached hydrogen (secondary N) is 1. The Labute approximate surface area is 143 Å². The van der Waals surface area contributed by atoms with Crippen molar-refractivity contribution in [1.82, 2.24) is 14.1 Å².